The lowest BCUT2D eigenvalue weighted by Gasteiger charge is -2.35. The van der Waals surface area contributed by atoms with Gasteiger partial charge in [0.05, 0.1) is 12.0 Å². The van der Waals surface area contributed by atoms with Crippen molar-refractivity contribution in [2.24, 2.45) is 0 Å². The van der Waals surface area contributed by atoms with Gasteiger partial charge in [-0.3, -0.25) is 4.90 Å². The maximum atomic E-state index is 12.6. The number of methoxy groups -OCH3 is 1. The molecule has 29 heavy (non-hydrogen) atoms. The standard InChI is InChI=1S/C22H30N2O3S2/c1-4-13-24(14-12-23-29(25,26)19-10-8-17(2)9-11-19)18-15-20-21(27-3)6-5-7-22(20)28-16-18/h5-11,18,23H,4,12-16H2,1-3H3. The number of thioether (sulfide) groups is 1. The van der Waals surface area contributed by atoms with Crippen molar-refractivity contribution >= 4 is 21.8 Å². The summed E-state index contributed by atoms with van der Waals surface area (Å²) in [5.74, 6) is 1.95. The van der Waals surface area contributed by atoms with E-state index in [1.807, 2.05) is 43.0 Å². The van der Waals surface area contributed by atoms with Gasteiger partial charge in [-0.25, -0.2) is 13.1 Å². The summed E-state index contributed by atoms with van der Waals surface area (Å²) in [4.78, 5) is 4.01. The molecule has 1 N–H and O–H groups in total. The molecule has 2 aromatic carbocycles. The first-order valence-corrected chi connectivity index (χ1v) is 12.5. The fourth-order valence-corrected chi connectivity index (χ4v) is 5.93. The van der Waals surface area contributed by atoms with Crippen molar-refractivity contribution in [2.75, 3.05) is 32.5 Å². The quantitative estimate of drug-likeness (QED) is 0.652. The van der Waals surface area contributed by atoms with Crippen LogP contribution in [0.2, 0.25) is 0 Å². The summed E-state index contributed by atoms with van der Waals surface area (Å²) in [6.07, 6.45) is 1.96. The summed E-state index contributed by atoms with van der Waals surface area (Å²) in [5.41, 5.74) is 2.31. The van der Waals surface area contributed by atoms with Crippen molar-refractivity contribution in [2.45, 2.75) is 42.5 Å². The van der Waals surface area contributed by atoms with Crippen LogP contribution in [0, 0.1) is 6.92 Å². The minimum Gasteiger partial charge on any atom is -0.496 e. The second kappa shape index (κ2) is 9.98. The van der Waals surface area contributed by atoms with Crippen LogP contribution in [0.1, 0.15) is 24.5 Å². The lowest BCUT2D eigenvalue weighted by atomic mass is 10.0. The first kappa shape index (κ1) is 22.2. The summed E-state index contributed by atoms with van der Waals surface area (Å²) < 4.78 is 33.4. The molecule has 158 valence electrons. The van der Waals surface area contributed by atoms with Gasteiger partial charge >= 0.3 is 0 Å². The number of hydrogen-bond donors (Lipinski definition) is 1. The molecule has 0 radical (unpaired) electrons. The predicted molar refractivity (Wildman–Crippen MR) is 119 cm³/mol. The zero-order valence-corrected chi connectivity index (χ0v) is 19.0. The number of benzene rings is 2. The van der Waals surface area contributed by atoms with E-state index in [2.05, 4.69) is 22.6 Å². The Kier molecular flexibility index (Phi) is 7.62. The smallest absolute Gasteiger partial charge is 0.240 e. The molecule has 0 aromatic heterocycles. The van der Waals surface area contributed by atoms with Crippen LogP contribution in [0.4, 0.5) is 0 Å². The van der Waals surface area contributed by atoms with Gasteiger partial charge in [0.2, 0.25) is 10.0 Å². The molecule has 0 saturated carbocycles. The topological polar surface area (TPSA) is 58.6 Å². The zero-order valence-electron chi connectivity index (χ0n) is 17.3. The van der Waals surface area contributed by atoms with Crippen LogP contribution in [0.5, 0.6) is 5.75 Å². The van der Waals surface area contributed by atoms with Gasteiger partial charge in [-0.15, -0.1) is 11.8 Å². The minimum absolute atomic E-state index is 0.317. The van der Waals surface area contributed by atoms with Gasteiger partial charge in [-0.2, -0.15) is 0 Å². The highest BCUT2D eigenvalue weighted by atomic mass is 32.2. The van der Waals surface area contributed by atoms with Gasteiger partial charge in [0, 0.05) is 35.3 Å². The Hall–Kier alpha value is -1.54. The summed E-state index contributed by atoms with van der Waals surface area (Å²) >= 11 is 1.86. The number of ether oxygens (including phenoxy) is 1. The van der Waals surface area contributed by atoms with Crippen molar-refractivity contribution in [3.8, 4) is 5.75 Å². The number of rotatable bonds is 9. The molecule has 1 aliphatic heterocycles. The normalized spacial score (nSPS) is 16.6. The van der Waals surface area contributed by atoms with Crippen LogP contribution in [-0.4, -0.2) is 51.9 Å². The fraction of sp³-hybridized carbons (Fsp3) is 0.455. The summed E-state index contributed by atoms with van der Waals surface area (Å²) in [6, 6.07) is 13.5. The van der Waals surface area contributed by atoms with Gasteiger partial charge in [-0.1, -0.05) is 30.7 Å². The molecule has 0 aliphatic carbocycles. The molecule has 7 heteroatoms. The third-order valence-corrected chi connectivity index (χ3v) is 7.95. The van der Waals surface area contributed by atoms with Gasteiger partial charge in [0.15, 0.2) is 0 Å². The summed E-state index contributed by atoms with van der Waals surface area (Å²) in [6.45, 7) is 6.14. The Morgan fingerprint density at radius 2 is 1.93 bits per heavy atom. The average Bonchev–Trinajstić information content (AvgIpc) is 2.72. The predicted octanol–water partition coefficient (Wildman–Crippen LogP) is 3.71. The molecule has 1 aliphatic rings. The van der Waals surface area contributed by atoms with Gasteiger partial charge < -0.3 is 4.74 Å². The van der Waals surface area contributed by atoms with Crippen molar-refractivity contribution in [1.82, 2.24) is 9.62 Å². The lowest BCUT2D eigenvalue weighted by molar-refractivity contribution is 0.211. The molecule has 5 nitrogen and oxygen atoms in total. The Morgan fingerprint density at radius 3 is 2.62 bits per heavy atom. The van der Waals surface area contributed by atoms with Crippen molar-refractivity contribution in [3.63, 3.8) is 0 Å². The van der Waals surface area contributed by atoms with Crippen molar-refractivity contribution < 1.29 is 13.2 Å². The van der Waals surface area contributed by atoms with Crippen molar-refractivity contribution in [1.29, 1.82) is 0 Å². The molecule has 1 unspecified atom stereocenters. The number of sulfonamides is 1. The monoisotopic (exact) mass is 434 g/mol. The Morgan fingerprint density at radius 1 is 1.17 bits per heavy atom. The highest BCUT2D eigenvalue weighted by Gasteiger charge is 2.26. The van der Waals surface area contributed by atoms with E-state index in [0.29, 0.717) is 24.0 Å². The van der Waals surface area contributed by atoms with Crippen LogP contribution in [0.25, 0.3) is 0 Å². The van der Waals surface area contributed by atoms with E-state index in [4.69, 9.17) is 4.74 Å². The number of fused-ring (bicyclic) bond motifs is 1. The van der Waals surface area contributed by atoms with Crippen LogP contribution >= 0.6 is 11.8 Å². The van der Waals surface area contributed by atoms with Gasteiger partial charge in [0.25, 0.3) is 0 Å². The maximum absolute atomic E-state index is 12.6. The molecule has 0 spiro atoms. The van der Waals surface area contributed by atoms with E-state index in [-0.39, 0.29) is 0 Å². The van der Waals surface area contributed by atoms with Gasteiger partial charge in [-0.05, 0) is 50.6 Å². The number of nitrogens with zero attached hydrogens (tertiary/aromatic N) is 1. The molecule has 3 rings (SSSR count). The fourth-order valence-electron chi connectivity index (χ4n) is 3.68. The number of hydrogen-bond acceptors (Lipinski definition) is 5. The second-order valence-electron chi connectivity index (χ2n) is 7.35. The molecule has 0 bridgehead atoms. The van der Waals surface area contributed by atoms with E-state index in [1.165, 1.54) is 10.5 Å². The molecule has 0 fully saturated rings. The molecular formula is C22H30N2O3S2. The SMILES string of the molecule is CCCN(CCNS(=O)(=O)c1ccc(C)cc1)C1CSc2cccc(OC)c2C1. The highest BCUT2D eigenvalue weighted by Crippen LogP contribution is 2.37. The Labute approximate surface area is 178 Å². The van der Waals surface area contributed by atoms with Crippen LogP contribution in [0.15, 0.2) is 52.3 Å². The lowest BCUT2D eigenvalue weighted by Crippen LogP contribution is -2.44. The molecule has 1 heterocycles. The molecular weight excluding hydrogens is 404 g/mol. The van der Waals surface area contributed by atoms with E-state index in [9.17, 15) is 8.42 Å². The van der Waals surface area contributed by atoms with E-state index >= 15 is 0 Å². The largest absolute Gasteiger partial charge is 0.496 e. The second-order valence-corrected chi connectivity index (χ2v) is 10.2. The van der Waals surface area contributed by atoms with Crippen molar-refractivity contribution in [3.05, 3.63) is 53.6 Å². The number of aryl methyl sites for hydroxylation is 1. The average molecular weight is 435 g/mol. The first-order chi connectivity index (χ1) is 13.9. The maximum Gasteiger partial charge on any atom is 0.240 e. The molecule has 2 aromatic rings. The molecule has 0 saturated heterocycles. The minimum atomic E-state index is -3.48. The van der Waals surface area contributed by atoms with Crippen LogP contribution in [-0.2, 0) is 16.4 Å². The van der Waals surface area contributed by atoms with Gasteiger partial charge in [0.1, 0.15) is 5.75 Å². The highest BCUT2D eigenvalue weighted by molar-refractivity contribution is 7.99. The summed E-state index contributed by atoms with van der Waals surface area (Å²) in [5, 5.41) is 0. The van der Waals surface area contributed by atoms with E-state index < -0.39 is 10.0 Å². The zero-order chi connectivity index (χ0) is 20.9. The third kappa shape index (κ3) is 5.54. The summed E-state index contributed by atoms with van der Waals surface area (Å²) in [7, 11) is -1.76. The number of nitrogens with one attached hydrogen (secondary N) is 1. The van der Waals surface area contributed by atoms with E-state index in [1.54, 1.807) is 19.2 Å². The van der Waals surface area contributed by atoms with Crippen LogP contribution < -0.4 is 9.46 Å². The van der Waals surface area contributed by atoms with E-state index in [0.717, 1.165) is 36.5 Å². The first-order valence-electron chi connectivity index (χ1n) is 10.0. The molecule has 1 atom stereocenters. The van der Waals surface area contributed by atoms with Crippen LogP contribution in [0.3, 0.4) is 0 Å². The Balaban J connectivity index is 1.64. The Bertz CT molecular complexity index is 900. The molecule has 0 amide bonds. The third-order valence-electron chi connectivity index (χ3n) is 5.23.